The van der Waals surface area contributed by atoms with E-state index in [9.17, 15) is 18.0 Å². The Labute approximate surface area is 114 Å². The summed E-state index contributed by atoms with van der Waals surface area (Å²) in [6.07, 6.45) is -1.54. The van der Waals surface area contributed by atoms with E-state index in [4.69, 9.17) is 5.26 Å². The number of alkyl halides is 3. The first kappa shape index (κ1) is 14.4. The second-order valence-electron chi connectivity index (χ2n) is 4.93. The van der Waals surface area contributed by atoms with Crippen LogP contribution in [0.5, 0.6) is 0 Å². The van der Waals surface area contributed by atoms with Crippen molar-refractivity contribution >= 4 is 5.91 Å². The van der Waals surface area contributed by atoms with Gasteiger partial charge in [-0.15, -0.1) is 0 Å². The number of hydrogen-bond acceptors (Lipinski definition) is 2. The summed E-state index contributed by atoms with van der Waals surface area (Å²) in [6, 6.07) is 6.08. The lowest BCUT2D eigenvalue weighted by molar-refractivity contribution is -0.137. The second-order valence-corrected chi connectivity index (χ2v) is 4.93. The zero-order valence-electron chi connectivity index (χ0n) is 10.6. The number of benzene rings is 1. The molecule has 1 amide bonds. The van der Waals surface area contributed by atoms with Crippen LogP contribution in [0.1, 0.15) is 41.6 Å². The van der Waals surface area contributed by atoms with Crippen molar-refractivity contribution in [3.63, 3.8) is 0 Å². The van der Waals surface area contributed by atoms with Crippen molar-refractivity contribution in [3.8, 4) is 6.07 Å². The van der Waals surface area contributed by atoms with Crippen LogP contribution in [0.25, 0.3) is 0 Å². The molecule has 106 valence electrons. The van der Waals surface area contributed by atoms with E-state index < -0.39 is 23.2 Å². The van der Waals surface area contributed by atoms with Crippen LogP contribution in [0.4, 0.5) is 13.2 Å². The molecule has 0 saturated heterocycles. The number of nitrogens with zero attached hydrogens (tertiary/aromatic N) is 1. The molecular formula is C14H13F3N2O. The summed E-state index contributed by atoms with van der Waals surface area (Å²) < 4.78 is 37.3. The van der Waals surface area contributed by atoms with E-state index >= 15 is 0 Å². The number of nitriles is 1. The standard InChI is InChI=1S/C14H13F3N2O/c15-14(16,17)11-5-3-10(4-6-11)12(20)19-13(9-18)7-1-2-8-13/h3-6H,1-2,7-8H2,(H,19,20). The molecule has 0 atom stereocenters. The van der Waals surface area contributed by atoms with Crippen LogP contribution in [0.3, 0.4) is 0 Å². The third-order valence-corrected chi connectivity index (χ3v) is 3.50. The predicted molar refractivity (Wildman–Crippen MR) is 65.7 cm³/mol. The van der Waals surface area contributed by atoms with Crippen molar-refractivity contribution in [2.24, 2.45) is 0 Å². The van der Waals surface area contributed by atoms with Gasteiger partial charge in [-0.2, -0.15) is 18.4 Å². The number of amides is 1. The average molecular weight is 282 g/mol. The van der Waals surface area contributed by atoms with Gasteiger partial charge in [0.25, 0.3) is 5.91 Å². The van der Waals surface area contributed by atoms with Gasteiger partial charge in [0.15, 0.2) is 0 Å². The average Bonchev–Trinajstić information content (AvgIpc) is 2.87. The summed E-state index contributed by atoms with van der Waals surface area (Å²) in [5, 5.41) is 11.8. The zero-order chi connectivity index (χ0) is 14.8. The van der Waals surface area contributed by atoms with Crippen molar-refractivity contribution in [2.75, 3.05) is 0 Å². The van der Waals surface area contributed by atoms with Crippen molar-refractivity contribution in [2.45, 2.75) is 37.4 Å². The van der Waals surface area contributed by atoms with Gasteiger partial charge in [-0.25, -0.2) is 0 Å². The lowest BCUT2D eigenvalue weighted by Crippen LogP contribution is -2.45. The maximum atomic E-state index is 12.4. The molecule has 20 heavy (non-hydrogen) atoms. The van der Waals surface area contributed by atoms with E-state index in [1.54, 1.807) is 0 Å². The van der Waals surface area contributed by atoms with Crippen LogP contribution in [0, 0.1) is 11.3 Å². The van der Waals surface area contributed by atoms with Crippen LogP contribution in [0.15, 0.2) is 24.3 Å². The Bertz CT molecular complexity index is 537. The van der Waals surface area contributed by atoms with E-state index in [2.05, 4.69) is 11.4 Å². The van der Waals surface area contributed by atoms with E-state index in [1.165, 1.54) is 0 Å². The van der Waals surface area contributed by atoms with Crippen LogP contribution in [-0.2, 0) is 6.18 Å². The molecule has 2 rings (SSSR count). The highest BCUT2D eigenvalue weighted by molar-refractivity contribution is 5.95. The van der Waals surface area contributed by atoms with Gasteiger partial charge < -0.3 is 5.32 Å². The molecule has 0 aliphatic heterocycles. The molecule has 0 spiro atoms. The molecule has 1 fully saturated rings. The number of rotatable bonds is 2. The quantitative estimate of drug-likeness (QED) is 0.905. The first-order valence-corrected chi connectivity index (χ1v) is 6.27. The van der Waals surface area contributed by atoms with Gasteiger partial charge in [-0.05, 0) is 49.9 Å². The fraction of sp³-hybridized carbons (Fsp3) is 0.429. The van der Waals surface area contributed by atoms with E-state index in [1.807, 2.05) is 0 Å². The second kappa shape index (κ2) is 5.16. The summed E-state index contributed by atoms with van der Waals surface area (Å²) >= 11 is 0. The first-order chi connectivity index (χ1) is 9.36. The number of carbonyl (C=O) groups excluding carboxylic acids is 1. The van der Waals surface area contributed by atoms with E-state index in [0.29, 0.717) is 12.8 Å². The van der Waals surface area contributed by atoms with Crippen LogP contribution in [-0.4, -0.2) is 11.4 Å². The molecule has 1 aliphatic rings. The third-order valence-electron chi connectivity index (χ3n) is 3.50. The Kier molecular flexibility index (Phi) is 3.71. The summed E-state index contributed by atoms with van der Waals surface area (Å²) in [5.74, 6) is -0.512. The molecule has 1 aliphatic carbocycles. The molecule has 1 N–H and O–H groups in total. The highest BCUT2D eigenvalue weighted by Gasteiger charge is 2.36. The van der Waals surface area contributed by atoms with Crippen LogP contribution >= 0.6 is 0 Å². The normalized spacial score (nSPS) is 17.5. The van der Waals surface area contributed by atoms with Gasteiger partial charge >= 0.3 is 6.18 Å². The fourth-order valence-electron chi connectivity index (χ4n) is 2.34. The van der Waals surface area contributed by atoms with Crippen LogP contribution in [0.2, 0.25) is 0 Å². The topological polar surface area (TPSA) is 52.9 Å². The van der Waals surface area contributed by atoms with Crippen molar-refractivity contribution < 1.29 is 18.0 Å². The minimum Gasteiger partial charge on any atom is -0.334 e. The Morgan fingerprint density at radius 1 is 1.20 bits per heavy atom. The summed E-state index contributed by atoms with van der Waals surface area (Å²) in [4.78, 5) is 12.0. The number of hydrogen-bond donors (Lipinski definition) is 1. The Morgan fingerprint density at radius 3 is 2.20 bits per heavy atom. The summed E-state index contributed by atoms with van der Waals surface area (Å²) in [5.41, 5.74) is -1.55. The summed E-state index contributed by atoms with van der Waals surface area (Å²) in [6.45, 7) is 0. The van der Waals surface area contributed by atoms with Crippen LogP contribution < -0.4 is 5.32 Å². The number of carbonyl (C=O) groups is 1. The summed E-state index contributed by atoms with van der Waals surface area (Å²) in [7, 11) is 0. The lowest BCUT2D eigenvalue weighted by atomic mass is 9.99. The van der Waals surface area contributed by atoms with Gasteiger partial charge in [0.1, 0.15) is 5.54 Å². The fourth-order valence-corrected chi connectivity index (χ4v) is 2.34. The minimum absolute atomic E-state index is 0.125. The molecule has 3 nitrogen and oxygen atoms in total. The maximum Gasteiger partial charge on any atom is 0.416 e. The van der Waals surface area contributed by atoms with Gasteiger partial charge in [-0.1, -0.05) is 0 Å². The molecule has 0 radical (unpaired) electrons. The molecule has 1 aromatic rings. The van der Waals surface area contributed by atoms with E-state index in [-0.39, 0.29) is 5.56 Å². The van der Waals surface area contributed by atoms with Gasteiger partial charge in [0, 0.05) is 5.56 Å². The van der Waals surface area contributed by atoms with Gasteiger partial charge in [-0.3, -0.25) is 4.79 Å². The SMILES string of the molecule is N#CC1(NC(=O)c2ccc(C(F)(F)F)cc2)CCCC1. The highest BCUT2D eigenvalue weighted by Crippen LogP contribution is 2.30. The van der Waals surface area contributed by atoms with Gasteiger partial charge in [0.2, 0.25) is 0 Å². The molecular weight excluding hydrogens is 269 g/mol. The molecule has 1 saturated carbocycles. The zero-order valence-corrected chi connectivity index (χ0v) is 10.6. The molecule has 0 aromatic heterocycles. The van der Waals surface area contributed by atoms with Crippen molar-refractivity contribution in [3.05, 3.63) is 35.4 Å². The first-order valence-electron chi connectivity index (χ1n) is 6.27. The molecule has 0 heterocycles. The third kappa shape index (κ3) is 2.93. The minimum atomic E-state index is -4.42. The van der Waals surface area contributed by atoms with Gasteiger partial charge in [0.05, 0.1) is 11.6 Å². The number of nitrogens with one attached hydrogen (secondary N) is 1. The number of halogens is 3. The maximum absolute atomic E-state index is 12.4. The highest BCUT2D eigenvalue weighted by atomic mass is 19.4. The Hall–Kier alpha value is -2.03. The lowest BCUT2D eigenvalue weighted by Gasteiger charge is -2.22. The molecule has 0 bridgehead atoms. The van der Waals surface area contributed by atoms with Crippen molar-refractivity contribution in [1.29, 1.82) is 5.26 Å². The Balaban J connectivity index is 2.12. The largest absolute Gasteiger partial charge is 0.416 e. The Morgan fingerprint density at radius 2 is 1.75 bits per heavy atom. The van der Waals surface area contributed by atoms with E-state index in [0.717, 1.165) is 37.1 Å². The molecule has 1 aromatic carbocycles. The monoisotopic (exact) mass is 282 g/mol. The predicted octanol–water partition coefficient (Wildman–Crippen LogP) is 3.27. The van der Waals surface area contributed by atoms with Crippen molar-refractivity contribution in [1.82, 2.24) is 5.32 Å². The smallest absolute Gasteiger partial charge is 0.334 e. The molecule has 0 unspecified atom stereocenters. The molecule has 6 heteroatoms.